The quantitative estimate of drug-likeness (QED) is 0.0243. The summed E-state index contributed by atoms with van der Waals surface area (Å²) in [5.74, 6) is -1.78. The minimum absolute atomic E-state index is 0.0407. The molecule has 0 bridgehead atoms. The smallest absolute Gasteiger partial charge is 0.466 e. The number of ketones is 2. The number of ether oxygens (including phenoxy) is 3. The number of thiazole rings is 4. The number of rotatable bonds is 20. The van der Waals surface area contributed by atoms with Crippen molar-refractivity contribution in [2.45, 2.75) is 119 Å². The molecule has 4 aromatic carbocycles. The summed E-state index contributed by atoms with van der Waals surface area (Å²) in [6.45, 7) is 23.9. The van der Waals surface area contributed by atoms with E-state index >= 15 is 0 Å². The van der Waals surface area contributed by atoms with Crippen molar-refractivity contribution in [3.63, 3.8) is 0 Å². The van der Waals surface area contributed by atoms with E-state index in [-0.39, 0.29) is 77.4 Å². The highest BCUT2D eigenvalue weighted by Crippen LogP contribution is 2.45. The van der Waals surface area contributed by atoms with Crippen molar-refractivity contribution < 1.29 is 52.3 Å². The number of fused-ring (bicyclic) bond motifs is 6. The van der Waals surface area contributed by atoms with Gasteiger partial charge in [0.1, 0.15) is 26.6 Å². The maximum Gasteiger partial charge on any atom is 0.496 e. The lowest BCUT2D eigenvalue weighted by molar-refractivity contribution is -0.143. The summed E-state index contributed by atoms with van der Waals surface area (Å²) in [5.41, 5.74) is 10.3. The molecule has 3 aliphatic heterocycles. The Kier molecular flexibility index (Phi) is 33.4. The lowest BCUT2D eigenvalue weighted by Crippen LogP contribution is -2.41. The number of hydrogen-bond donors (Lipinski definition) is 1. The number of carbonyl (C=O) groups is 6. The molecular formula is C94H91BBrCl4N11O15S4. The lowest BCUT2D eigenvalue weighted by atomic mass is 9.77. The van der Waals surface area contributed by atoms with Gasteiger partial charge in [-0.05, 0) is 206 Å². The minimum atomic E-state index is -0.622. The zero-order chi connectivity index (χ0) is 94.5. The summed E-state index contributed by atoms with van der Waals surface area (Å²) in [7, 11) is 6.10. The van der Waals surface area contributed by atoms with Crippen LogP contribution in [0, 0.1) is 27.7 Å². The molecule has 130 heavy (non-hydrogen) atoms. The van der Waals surface area contributed by atoms with Gasteiger partial charge in [0, 0.05) is 160 Å². The first kappa shape index (κ1) is 99.4. The van der Waals surface area contributed by atoms with E-state index in [1.807, 2.05) is 105 Å². The first-order valence-corrected chi connectivity index (χ1v) is 46.4. The fourth-order valence-electron chi connectivity index (χ4n) is 13.5. The molecule has 36 heteroatoms. The Morgan fingerprint density at radius 1 is 0.477 bits per heavy atom. The van der Waals surface area contributed by atoms with Gasteiger partial charge in [0.2, 0.25) is 17.5 Å². The van der Waals surface area contributed by atoms with Crippen LogP contribution in [0.3, 0.4) is 0 Å². The van der Waals surface area contributed by atoms with Crippen molar-refractivity contribution in [3.8, 4) is 31.3 Å². The summed E-state index contributed by atoms with van der Waals surface area (Å²) in [5, 5.41) is 8.61. The molecule has 2 atom stereocenters. The predicted octanol–water partition coefficient (Wildman–Crippen LogP) is 17.8. The van der Waals surface area contributed by atoms with Gasteiger partial charge in [0.05, 0.1) is 102 Å². The summed E-state index contributed by atoms with van der Waals surface area (Å²) in [6.07, 6.45) is 12.8. The Morgan fingerprint density at radius 2 is 0.846 bits per heavy atom. The van der Waals surface area contributed by atoms with Crippen molar-refractivity contribution in [2.24, 2.45) is 38.2 Å². The molecule has 3 aliphatic rings. The van der Waals surface area contributed by atoms with Crippen LogP contribution in [-0.2, 0) is 70.9 Å². The first-order valence-electron chi connectivity index (χ1n) is 40.8. The molecular weight excluding hydrogens is 1880 g/mol. The van der Waals surface area contributed by atoms with E-state index in [2.05, 4.69) is 31.2 Å². The van der Waals surface area contributed by atoms with Gasteiger partial charge in [-0.3, -0.25) is 48.3 Å². The van der Waals surface area contributed by atoms with E-state index < -0.39 is 42.3 Å². The maximum absolute atomic E-state index is 13.1. The fraction of sp³-hybridized carbons (Fsp3) is 0.277. The number of nitrogens with zero attached hydrogens (tertiary/aromatic N) is 10. The van der Waals surface area contributed by atoms with Crippen molar-refractivity contribution in [2.75, 3.05) is 26.4 Å². The summed E-state index contributed by atoms with van der Waals surface area (Å²) >= 11 is 33.1. The number of aromatic nitrogens is 8. The fourth-order valence-corrected chi connectivity index (χ4v) is 18.5. The first-order chi connectivity index (χ1) is 61.7. The second kappa shape index (κ2) is 43.7. The van der Waals surface area contributed by atoms with Gasteiger partial charge in [-0.2, -0.15) is 0 Å². The minimum Gasteiger partial charge on any atom is -0.466 e. The molecule has 0 spiro atoms. The van der Waals surface area contributed by atoms with E-state index in [1.165, 1.54) is 66.7 Å². The standard InChI is InChI=1S/C22H21ClN4O2S.C22H20ClN3O3S.C22H19ClN2O4S.C17H24BNO5.C11H7BrClNOS/c1-4-24-18(28)10-17-15-9-19(29)27(3)11-16(15)22-21(25-12(2)30-22)20(26-17)13-5-7-14(23)8-6-13;1-4-29-19(28)10-17-15-9-18(27)26(3)11-16(15)22-21(24-12(2)30-22)20(25-17)13-5-7-14(23)8-6-13;1-4-29-19(27)10-7-15-11-18(26)25(3)12-17(15)22-20(24-13(2)30-22)21(28)14-5-8-16(23)9-6-14;1-7-22-15(21)9-8-12-10-14(20)19(6)11-13(12)18-23-16(2,3)17(4,5)24-18;1-6-14-9(11(12)16-6)10(15)7-2-4-8(13)5-3-7/h5-9,11,17H,4,10H2,1-3H3,(H,24,28);5-9,11,17H,4,10H2,1-3H3;5-12H,4H2,1-3H3;8-11H,7H2,1-6H3;2-5H,1H3/b;;10-7+;9-8+;. The van der Waals surface area contributed by atoms with Crippen molar-refractivity contribution in [3.05, 3.63) is 311 Å². The van der Waals surface area contributed by atoms with E-state index in [0.29, 0.717) is 99.1 Å². The maximum atomic E-state index is 13.1. The van der Waals surface area contributed by atoms with Crippen LogP contribution in [0.5, 0.6) is 0 Å². The van der Waals surface area contributed by atoms with Crippen molar-refractivity contribution in [1.82, 2.24) is 43.5 Å². The van der Waals surface area contributed by atoms with Gasteiger partial charge in [0.25, 0.3) is 22.2 Å². The number of aliphatic imine (C=N–C) groups is 2. The van der Waals surface area contributed by atoms with Crippen LogP contribution in [0.1, 0.15) is 177 Å². The molecule has 8 aromatic heterocycles. The monoisotopic (exact) mass is 1970 g/mol. The Hall–Kier alpha value is -11.1. The second-order valence-corrected chi connectivity index (χ2v) is 38.5. The van der Waals surface area contributed by atoms with E-state index in [1.54, 1.807) is 174 Å². The Morgan fingerprint density at radius 3 is 1.28 bits per heavy atom. The molecule has 0 saturated carbocycles. The van der Waals surface area contributed by atoms with E-state index in [9.17, 15) is 47.9 Å². The second-order valence-electron chi connectivity index (χ2n) is 30.6. The molecule has 674 valence electrons. The third-order valence-corrected chi connectivity index (χ3v) is 26.3. The highest BCUT2D eigenvalue weighted by molar-refractivity contribution is 9.11. The van der Waals surface area contributed by atoms with Crippen LogP contribution < -0.4 is 33.0 Å². The third-order valence-electron chi connectivity index (χ3n) is 20.6. The number of benzene rings is 4. The number of halogens is 5. The van der Waals surface area contributed by atoms with Gasteiger partial charge in [-0.1, -0.05) is 70.7 Å². The Labute approximate surface area is 794 Å². The van der Waals surface area contributed by atoms with Crippen LogP contribution in [0.4, 0.5) is 0 Å². The molecule has 1 fully saturated rings. The summed E-state index contributed by atoms with van der Waals surface area (Å²) in [6, 6.07) is 33.1. The van der Waals surface area contributed by atoms with Crippen LogP contribution in [0.25, 0.3) is 43.5 Å². The van der Waals surface area contributed by atoms with Crippen LogP contribution in [0.2, 0.25) is 20.1 Å². The summed E-state index contributed by atoms with van der Waals surface area (Å²) in [4.78, 5) is 153. The van der Waals surface area contributed by atoms with Gasteiger partial charge in [-0.25, -0.2) is 29.5 Å². The normalized spacial score (nSPS) is 14.3. The number of nitrogens with one attached hydrogen (secondary N) is 1. The highest BCUT2D eigenvalue weighted by Gasteiger charge is 2.52. The van der Waals surface area contributed by atoms with Crippen LogP contribution in [0.15, 0.2) is 191 Å². The average molecular weight is 1980 g/mol. The molecule has 15 rings (SSSR count). The number of pyridine rings is 4. The molecule has 0 aliphatic carbocycles. The number of hydrogen-bond acceptors (Lipinski definition) is 25. The average Bonchev–Trinajstić information content (AvgIpc) is 1.64. The third kappa shape index (κ3) is 24.3. The Balaban J connectivity index is 0.000000159. The molecule has 2 unspecified atom stereocenters. The molecule has 1 N–H and O–H groups in total. The molecule has 12 aromatic rings. The Bertz CT molecular complexity index is 6480. The SMILES string of the molecule is CCNC(=O)CC1N=C(c2ccc(Cl)cc2)c2nc(C)sc2-c2cn(C)c(=O)cc21.CCOC(=O)/C=C/c1cc(=O)n(C)cc1-c1sc(C)nc1C(=O)c1ccc(Cl)cc1.CCOC(=O)/C=C/c1cc(=O)n(C)cc1B1OC(C)(C)C(C)(C)O1.CCOC(=O)CC1N=C(c2ccc(Cl)cc2)c2nc(C)sc2-c2cn(C)c(=O)cc21.Cc1nc(C(=O)c2ccc(Cl)cc2)c(Br)s1. The number of amides is 1. The molecule has 1 saturated heterocycles. The molecule has 1 amide bonds. The van der Waals surface area contributed by atoms with Crippen molar-refractivity contribution >= 4 is 179 Å². The number of esters is 3. The zero-order valence-corrected chi connectivity index (χ0v) is 81.6. The largest absolute Gasteiger partial charge is 0.496 e. The molecule has 26 nitrogen and oxygen atoms in total. The van der Waals surface area contributed by atoms with Gasteiger partial charge in [0.15, 0.2) is 0 Å². The zero-order valence-electron chi connectivity index (χ0n) is 73.8. The summed E-state index contributed by atoms with van der Waals surface area (Å²) < 4.78 is 33.8. The molecule has 11 heterocycles. The molecule has 0 radical (unpaired) electrons. The van der Waals surface area contributed by atoms with Crippen molar-refractivity contribution in [1.29, 1.82) is 0 Å². The topological polar surface area (TPSA) is 325 Å². The van der Waals surface area contributed by atoms with Gasteiger partial charge in [-0.15, -0.1) is 45.3 Å². The van der Waals surface area contributed by atoms with Gasteiger partial charge < -0.3 is 47.1 Å². The van der Waals surface area contributed by atoms with Crippen LogP contribution >= 0.6 is 108 Å². The van der Waals surface area contributed by atoms with E-state index in [4.69, 9.17) is 89.9 Å². The highest BCUT2D eigenvalue weighted by atomic mass is 79.9. The lowest BCUT2D eigenvalue weighted by Gasteiger charge is -2.32. The number of carbonyl (C=O) groups excluding carboxylic acids is 6. The van der Waals surface area contributed by atoms with Gasteiger partial charge >= 0.3 is 25.0 Å². The predicted molar refractivity (Wildman–Crippen MR) is 520 cm³/mol. The van der Waals surface area contributed by atoms with Crippen LogP contribution in [-0.4, -0.2) is 130 Å². The van der Waals surface area contributed by atoms with E-state index in [0.717, 1.165) is 67.8 Å². The number of aryl methyl sites for hydroxylation is 8.